The van der Waals surface area contributed by atoms with Crippen molar-refractivity contribution < 1.29 is 24.5 Å². The van der Waals surface area contributed by atoms with Crippen LogP contribution >= 0.6 is 0 Å². The predicted octanol–water partition coefficient (Wildman–Crippen LogP) is 14.1. The fourth-order valence-electron chi connectivity index (χ4n) is 7.11. The first-order valence-corrected chi connectivity index (χ1v) is 24.1. The second-order valence-electron chi connectivity index (χ2n) is 16.3. The number of carbonyl (C=O) groups is 2. The molecule has 0 spiro atoms. The SMILES string of the molecule is CC/C=C/C=C/C=C\C=C/C=C/CCCC(=O)OC(CCCCCCCCCCCCCCC)CC(=O)NC(CO)C(O)CCCCCCCCCCCCCC. The Labute approximate surface area is 352 Å². The Kier molecular flexibility index (Phi) is 42.7. The van der Waals surface area contributed by atoms with E-state index in [1.54, 1.807) is 0 Å². The molecule has 0 aliphatic carbocycles. The van der Waals surface area contributed by atoms with Gasteiger partial charge in [0.05, 0.1) is 25.2 Å². The van der Waals surface area contributed by atoms with Crippen LogP contribution in [-0.2, 0) is 14.3 Å². The molecule has 0 rings (SSSR count). The molecule has 0 radical (unpaired) electrons. The van der Waals surface area contributed by atoms with Crippen molar-refractivity contribution in [3.05, 3.63) is 60.8 Å². The summed E-state index contributed by atoms with van der Waals surface area (Å²) in [6.45, 7) is 6.31. The number of aliphatic hydroxyl groups is 2. The number of unbranched alkanes of at least 4 members (excludes halogenated alkanes) is 24. The normalized spacial score (nSPS) is 13.8. The first kappa shape index (κ1) is 54.6. The summed E-state index contributed by atoms with van der Waals surface area (Å²) < 4.78 is 5.88. The summed E-state index contributed by atoms with van der Waals surface area (Å²) in [4.78, 5) is 26.0. The van der Waals surface area contributed by atoms with Crippen LogP contribution in [0, 0.1) is 0 Å². The Morgan fingerprint density at radius 1 is 0.526 bits per heavy atom. The largest absolute Gasteiger partial charge is 0.462 e. The van der Waals surface area contributed by atoms with E-state index in [1.807, 2.05) is 54.7 Å². The van der Waals surface area contributed by atoms with Gasteiger partial charge in [0.2, 0.25) is 5.91 Å². The van der Waals surface area contributed by atoms with Gasteiger partial charge in [-0.15, -0.1) is 0 Å². The fourth-order valence-corrected chi connectivity index (χ4v) is 7.11. The van der Waals surface area contributed by atoms with E-state index in [0.717, 1.165) is 51.4 Å². The number of aliphatic hydroxyl groups excluding tert-OH is 2. The van der Waals surface area contributed by atoms with Gasteiger partial charge in [-0.05, 0) is 38.5 Å². The van der Waals surface area contributed by atoms with Crippen molar-refractivity contribution in [2.75, 3.05) is 6.61 Å². The molecule has 3 N–H and O–H groups in total. The first-order valence-electron chi connectivity index (χ1n) is 24.1. The van der Waals surface area contributed by atoms with Gasteiger partial charge in [0, 0.05) is 6.42 Å². The van der Waals surface area contributed by atoms with Gasteiger partial charge < -0.3 is 20.3 Å². The van der Waals surface area contributed by atoms with Gasteiger partial charge in [0.15, 0.2) is 0 Å². The summed E-state index contributed by atoms with van der Waals surface area (Å²) >= 11 is 0. The molecule has 0 heterocycles. The number of esters is 1. The third kappa shape index (κ3) is 40.1. The molecule has 0 saturated carbocycles. The highest BCUT2D eigenvalue weighted by Gasteiger charge is 2.24. The molecule has 1 amide bonds. The van der Waals surface area contributed by atoms with Gasteiger partial charge in [-0.25, -0.2) is 0 Å². The molecular weight excluding hydrogens is 707 g/mol. The van der Waals surface area contributed by atoms with Gasteiger partial charge in [0.25, 0.3) is 0 Å². The van der Waals surface area contributed by atoms with Gasteiger partial charge in [-0.2, -0.15) is 0 Å². The number of amides is 1. The Bertz CT molecular complexity index is 1030. The Morgan fingerprint density at radius 3 is 1.37 bits per heavy atom. The lowest BCUT2D eigenvalue weighted by Crippen LogP contribution is -2.46. The Morgan fingerprint density at radius 2 is 0.930 bits per heavy atom. The minimum Gasteiger partial charge on any atom is -0.462 e. The number of nitrogens with one attached hydrogen (secondary N) is 1. The maximum Gasteiger partial charge on any atom is 0.306 e. The van der Waals surface area contributed by atoms with Crippen molar-refractivity contribution in [3.63, 3.8) is 0 Å². The molecule has 57 heavy (non-hydrogen) atoms. The van der Waals surface area contributed by atoms with Crippen molar-refractivity contribution in [2.24, 2.45) is 0 Å². The van der Waals surface area contributed by atoms with Crippen LogP contribution in [0.25, 0.3) is 0 Å². The summed E-state index contributed by atoms with van der Waals surface area (Å²) in [5.74, 6) is -0.559. The van der Waals surface area contributed by atoms with Gasteiger partial charge in [-0.1, -0.05) is 236 Å². The summed E-state index contributed by atoms with van der Waals surface area (Å²) in [5.41, 5.74) is 0. The van der Waals surface area contributed by atoms with Crippen LogP contribution in [0.3, 0.4) is 0 Å². The molecule has 0 aromatic rings. The average Bonchev–Trinajstić information content (AvgIpc) is 3.20. The van der Waals surface area contributed by atoms with Crippen LogP contribution in [0.5, 0.6) is 0 Å². The molecule has 0 aliphatic rings. The van der Waals surface area contributed by atoms with Crippen LogP contribution in [0.15, 0.2) is 60.8 Å². The van der Waals surface area contributed by atoms with E-state index in [0.29, 0.717) is 25.7 Å². The second kappa shape index (κ2) is 44.7. The van der Waals surface area contributed by atoms with E-state index in [4.69, 9.17) is 4.74 Å². The standard InChI is InChI=1S/C51H91NO5/c1-4-7-10-13-16-19-22-25-27-30-33-36-39-42-47(57-51(56)44-41-38-35-32-29-26-23-20-17-14-11-8-5-2)45-50(55)52-48(46-53)49(54)43-40-37-34-31-28-24-21-18-15-12-9-6-3/h8,11,14,17,20,23,26,29,32,35,47-49,53-54H,4-7,9-10,12-13,15-16,18-19,21-22,24-25,27-28,30-31,33-34,36-46H2,1-3H3,(H,52,55)/b11-8+,17-14+,23-20-,29-26-,35-32+. The van der Waals surface area contributed by atoms with Crippen molar-refractivity contribution in [2.45, 2.75) is 244 Å². The molecule has 0 bridgehead atoms. The first-order chi connectivity index (χ1) is 28.0. The lowest BCUT2D eigenvalue weighted by molar-refractivity contribution is -0.151. The van der Waals surface area contributed by atoms with E-state index in [9.17, 15) is 19.8 Å². The molecule has 0 aromatic carbocycles. The molecule has 6 nitrogen and oxygen atoms in total. The van der Waals surface area contributed by atoms with Crippen molar-refractivity contribution in [3.8, 4) is 0 Å². The lowest BCUT2D eigenvalue weighted by Gasteiger charge is -2.24. The number of ether oxygens (including phenoxy) is 1. The fraction of sp³-hybridized carbons (Fsp3) is 0.765. The predicted molar refractivity (Wildman–Crippen MR) is 245 cm³/mol. The lowest BCUT2D eigenvalue weighted by atomic mass is 10.0. The second-order valence-corrected chi connectivity index (χ2v) is 16.3. The van der Waals surface area contributed by atoms with Crippen molar-refractivity contribution >= 4 is 11.9 Å². The average molecular weight is 798 g/mol. The third-order valence-corrected chi connectivity index (χ3v) is 10.7. The van der Waals surface area contributed by atoms with Crippen molar-refractivity contribution in [1.82, 2.24) is 5.32 Å². The van der Waals surface area contributed by atoms with E-state index in [2.05, 4.69) is 32.2 Å². The zero-order chi connectivity index (χ0) is 41.7. The summed E-state index contributed by atoms with van der Waals surface area (Å²) in [5, 5.41) is 23.7. The summed E-state index contributed by atoms with van der Waals surface area (Å²) in [7, 11) is 0. The van der Waals surface area contributed by atoms with Crippen molar-refractivity contribution in [1.29, 1.82) is 0 Å². The molecular formula is C51H91NO5. The summed E-state index contributed by atoms with van der Waals surface area (Å²) in [6, 6.07) is -0.714. The number of hydrogen-bond donors (Lipinski definition) is 3. The molecule has 0 saturated heterocycles. The molecule has 0 aliphatic heterocycles. The molecule has 0 fully saturated rings. The minimum absolute atomic E-state index is 0.0497. The summed E-state index contributed by atoms with van der Waals surface area (Å²) in [6.07, 6.45) is 54.2. The monoisotopic (exact) mass is 798 g/mol. The van der Waals surface area contributed by atoms with Crippen LogP contribution in [0.2, 0.25) is 0 Å². The highest BCUT2D eigenvalue weighted by Crippen LogP contribution is 2.18. The minimum atomic E-state index is -0.798. The van der Waals surface area contributed by atoms with Crippen LogP contribution in [0.1, 0.15) is 226 Å². The van der Waals surface area contributed by atoms with E-state index in [-0.39, 0.29) is 24.9 Å². The Balaban J connectivity index is 4.69. The van der Waals surface area contributed by atoms with Gasteiger partial charge in [0.1, 0.15) is 6.10 Å². The smallest absolute Gasteiger partial charge is 0.306 e. The zero-order valence-electron chi connectivity index (χ0n) is 37.5. The molecule has 3 unspecified atom stereocenters. The molecule has 330 valence electrons. The Hall–Kier alpha value is -2.44. The number of rotatable bonds is 42. The number of allylic oxidation sites excluding steroid dienone is 10. The molecule has 0 aromatic heterocycles. The number of carbonyl (C=O) groups excluding carboxylic acids is 2. The molecule has 6 heteroatoms. The van der Waals surface area contributed by atoms with E-state index in [1.165, 1.54) is 122 Å². The topological polar surface area (TPSA) is 95.9 Å². The highest BCUT2D eigenvalue weighted by atomic mass is 16.5. The quantitative estimate of drug-likeness (QED) is 0.0325. The maximum absolute atomic E-state index is 13.2. The highest BCUT2D eigenvalue weighted by molar-refractivity contribution is 5.77. The molecule has 3 atom stereocenters. The third-order valence-electron chi connectivity index (χ3n) is 10.7. The van der Waals surface area contributed by atoms with Gasteiger partial charge >= 0.3 is 5.97 Å². The maximum atomic E-state index is 13.2. The van der Waals surface area contributed by atoms with E-state index >= 15 is 0 Å². The zero-order valence-corrected chi connectivity index (χ0v) is 37.5. The van der Waals surface area contributed by atoms with Gasteiger partial charge in [-0.3, -0.25) is 9.59 Å². The number of hydrogen-bond acceptors (Lipinski definition) is 5. The van der Waals surface area contributed by atoms with Crippen LogP contribution in [-0.4, -0.2) is 46.9 Å². The van der Waals surface area contributed by atoms with E-state index < -0.39 is 18.2 Å². The van der Waals surface area contributed by atoms with Crippen LogP contribution in [0.4, 0.5) is 0 Å². The van der Waals surface area contributed by atoms with Crippen LogP contribution < -0.4 is 5.32 Å².